The first kappa shape index (κ1) is 12.6. The van der Waals surface area contributed by atoms with Gasteiger partial charge < -0.3 is 4.90 Å². The van der Waals surface area contributed by atoms with Crippen molar-refractivity contribution in [3.63, 3.8) is 0 Å². The molecular formula is C15H18N2O. The number of hydrogen-bond donors (Lipinski definition) is 0. The van der Waals surface area contributed by atoms with E-state index in [9.17, 15) is 4.79 Å². The summed E-state index contributed by atoms with van der Waals surface area (Å²) >= 11 is 0. The molecule has 1 amide bonds. The third-order valence-electron chi connectivity index (χ3n) is 3.34. The van der Waals surface area contributed by atoms with Gasteiger partial charge in [-0.2, -0.15) is 5.26 Å². The summed E-state index contributed by atoms with van der Waals surface area (Å²) in [6.07, 6.45) is 4.88. The van der Waals surface area contributed by atoms with Crippen LogP contribution in [0.5, 0.6) is 0 Å². The van der Waals surface area contributed by atoms with Gasteiger partial charge in [-0.1, -0.05) is 18.2 Å². The predicted molar refractivity (Wildman–Crippen MR) is 71.2 cm³/mol. The quantitative estimate of drug-likeness (QED) is 0.762. The van der Waals surface area contributed by atoms with Crippen LogP contribution in [0.1, 0.15) is 37.7 Å². The Hall–Kier alpha value is -1.82. The van der Waals surface area contributed by atoms with E-state index in [-0.39, 0.29) is 5.91 Å². The van der Waals surface area contributed by atoms with E-state index >= 15 is 0 Å². The lowest BCUT2D eigenvalue weighted by molar-refractivity contribution is -0.118. The molecule has 2 rings (SSSR count). The second kappa shape index (κ2) is 6.20. The van der Waals surface area contributed by atoms with Crippen molar-refractivity contribution >= 4 is 11.6 Å². The van der Waals surface area contributed by atoms with Gasteiger partial charge in [-0.3, -0.25) is 4.79 Å². The van der Waals surface area contributed by atoms with Crippen LogP contribution in [0, 0.1) is 11.3 Å². The van der Waals surface area contributed by atoms with E-state index in [0.29, 0.717) is 12.8 Å². The Morgan fingerprint density at radius 3 is 2.89 bits per heavy atom. The molecule has 0 spiro atoms. The van der Waals surface area contributed by atoms with Crippen LogP contribution in [0.3, 0.4) is 0 Å². The standard InChI is InChI=1S/C15H18N2O/c16-11-4-1-5-12-17-14-9-3-2-7-13(14)8-6-10-15(17)18/h2-3,7,9H,1,4-6,8,10,12H2. The second-order valence-electron chi connectivity index (χ2n) is 4.64. The summed E-state index contributed by atoms with van der Waals surface area (Å²) in [4.78, 5) is 14.0. The minimum atomic E-state index is 0.219. The number of hydrogen-bond acceptors (Lipinski definition) is 2. The van der Waals surface area contributed by atoms with Crippen molar-refractivity contribution in [2.75, 3.05) is 11.4 Å². The Labute approximate surface area is 108 Å². The molecule has 1 heterocycles. The van der Waals surface area contributed by atoms with E-state index < -0.39 is 0 Å². The minimum Gasteiger partial charge on any atom is -0.312 e. The Morgan fingerprint density at radius 1 is 1.22 bits per heavy atom. The maximum absolute atomic E-state index is 12.1. The predicted octanol–water partition coefficient (Wildman–Crippen LogP) is 3.05. The fourth-order valence-electron chi connectivity index (χ4n) is 2.40. The van der Waals surface area contributed by atoms with Crippen LogP contribution in [0.15, 0.2) is 24.3 Å². The summed E-state index contributed by atoms with van der Waals surface area (Å²) in [6, 6.07) is 10.3. The van der Waals surface area contributed by atoms with Crippen LogP contribution in [-0.4, -0.2) is 12.5 Å². The molecule has 3 nitrogen and oxygen atoms in total. The largest absolute Gasteiger partial charge is 0.312 e. The highest BCUT2D eigenvalue weighted by Gasteiger charge is 2.20. The molecule has 0 aromatic heterocycles. The van der Waals surface area contributed by atoms with Gasteiger partial charge in [0, 0.05) is 25.1 Å². The number of carbonyl (C=O) groups is 1. The zero-order valence-electron chi connectivity index (χ0n) is 10.6. The third-order valence-corrected chi connectivity index (χ3v) is 3.34. The molecule has 0 radical (unpaired) electrons. The fraction of sp³-hybridized carbons (Fsp3) is 0.467. The molecule has 0 saturated carbocycles. The molecule has 3 heteroatoms. The normalized spacial score (nSPS) is 14.8. The molecule has 1 aliphatic heterocycles. The molecule has 0 aliphatic carbocycles. The monoisotopic (exact) mass is 242 g/mol. The molecule has 1 aromatic rings. The highest BCUT2D eigenvalue weighted by atomic mass is 16.2. The number of nitrogens with zero attached hydrogens (tertiary/aromatic N) is 2. The van der Waals surface area contributed by atoms with Crippen LogP contribution in [0.2, 0.25) is 0 Å². The van der Waals surface area contributed by atoms with Gasteiger partial charge in [0.1, 0.15) is 0 Å². The molecular weight excluding hydrogens is 224 g/mol. The van der Waals surface area contributed by atoms with Crippen molar-refractivity contribution in [1.29, 1.82) is 5.26 Å². The fourth-order valence-corrected chi connectivity index (χ4v) is 2.40. The highest BCUT2D eigenvalue weighted by Crippen LogP contribution is 2.26. The van der Waals surface area contributed by atoms with Gasteiger partial charge in [0.25, 0.3) is 0 Å². The van der Waals surface area contributed by atoms with Crippen molar-refractivity contribution in [1.82, 2.24) is 0 Å². The van der Waals surface area contributed by atoms with E-state index in [2.05, 4.69) is 12.1 Å². The van der Waals surface area contributed by atoms with E-state index in [4.69, 9.17) is 5.26 Å². The number of fused-ring (bicyclic) bond motifs is 1. The van der Waals surface area contributed by atoms with E-state index in [1.165, 1.54) is 5.56 Å². The van der Waals surface area contributed by atoms with Gasteiger partial charge in [-0.25, -0.2) is 0 Å². The number of rotatable bonds is 4. The van der Waals surface area contributed by atoms with Gasteiger partial charge in [0.15, 0.2) is 0 Å². The van der Waals surface area contributed by atoms with E-state index in [1.807, 2.05) is 23.1 Å². The average molecular weight is 242 g/mol. The maximum Gasteiger partial charge on any atom is 0.226 e. The zero-order chi connectivity index (χ0) is 12.8. The smallest absolute Gasteiger partial charge is 0.226 e. The molecule has 1 aromatic carbocycles. The SMILES string of the molecule is N#CCCCCN1C(=O)CCCc2ccccc21. The Balaban J connectivity index is 2.11. The molecule has 94 valence electrons. The number of benzene rings is 1. The minimum absolute atomic E-state index is 0.219. The van der Waals surface area contributed by atoms with Gasteiger partial charge >= 0.3 is 0 Å². The van der Waals surface area contributed by atoms with Crippen LogP contribution in [-0.2, 0) is 11.2 Å². The molecule has 0 saturated heterocycles. The summed E-state index contributed by atoms with van der Waals surface area (Å²) in [5, 5.41) is 8.53. The lowest BCUT2D eigenvalue weighted by atomic mass is 10.1. The van der Waals surface area contributed by atoms with Gasteiger partial charge in [-0.05, 0) is 37.3 Å². The highest BCUT2D eigenvalue weighted by molar-refractivity contribution is 5.94. The van der Waals surface area contributed by atoms with Gasteiger partial charge in [0.05, 0.1) is 6.07 Å². The Kier molecular flexibility index (Phi) is 4.35. The van der Waals surface area contributed by atoms with E-state index in [1.54, 1.807) is 0 Å². The first-order chi connectivity index (χ1) is 8.83. The van der Waals surface area contributed by atoms with Crippen molar-refractivity contribution < 1.29 is 4.79 Å². The number of anilines is 1. The lowest BCUT2D eigenvalue weighted by Gasteiger charge is -2.22. The van der Waals surface area contributed by atoms with Gasteiger partial charge in [-0.15, -0.1) is 0 Å². The first-order valence-electron chi connectivity index (χ1n) is 6.58. The summed E-state index contributed by atoms with van der Waals surface area (Å²) in [5.74, 6) is 0.219. The third kappa shape index (κ3) is 2.89. The number of para-hydroxylation sites is 1. The summed E-state index contributed by atoms with van der Waals surface area (Å²) in [6.45, 7) is 0.734. The van der Waals surface area contributed by atoms with Gasteiger partial charge in [0.2, 0.25) is 5.91 Å². The van der Waals surface area contributed by atoms with Crippen LogP contribution < -0.4 is 4.90 Å². The number of nitriles is 1. The van der Waals surface area contributed by atoms with Crippen LogP contribution in [0.4, 0.5) is 5.69 Å². The molecule has 0 bridgehead atoms. The zero-order valence-corrected chi connectivity index (χ0v) is 10.6. The van der Waals surface area contributed by atoms with Crippen molar-refractivity contribution in [2.24, 2.45) is 0 Å². The average Bonchev–Trinajstić information content (AvgIpc) is 2.54. The Morgan fingerprint density at radius 2 is 2.06 bits per heavy atom. The molecule has 0 atom stereocenters. The molecule has 1 aliphatic rings. The number of amides is 1. The van der Waals surface area contributed by atoms with Crippen LogP contribution in [0.25, 0.3) is 0 Å². The summed E-state index contributed by atoms with van der Waals surface area (Å²) in [5.41, 5.74) is 2.33. The Bertz CT molecular complexity index is 462. The second-order valence-corrected chi connectivity index (χ2v) is 4.64. The summed E-state index contributed by atoms with van der Waals surface area (Å²) < 4.78 is 0. The number of unbranched alkanes of at least 4 members (excludes halogenated alkanes) is 2. The topological polar surface area (TPSA) is 44.1 Å². The van der Waals surface area contributed by atoms with Crippen molar-refractivity contribution in [2.45, 2.75) is 38.5 Å². The first-order valence-corrected chi connectivity index (χ1v) is 6.58. The van der Waals surface area contributed by atoms with Crippen LogP contribution >= 0.6 is 0 Å². The van der Waals surface area contributed by atoms with Crippen molar-refractivity contribution in [3.05, 3.63) is 29.8 Å². The lowest BCUT2D eigenvalue weighted by Crippen LogP contribution is -2.31. The summed E-state index contributed by atoms with van der Waals surface area (Å²) in [7, 11) is 0. The number of carbonyl (C=O) groups excluding carboxylic acids is 1. The maximum atomic E-state index is 12.1. The van der Waals surface area contributed by atoms with Crippen molar-refractivity contribution in [3.8, 4) is 6.07 Å². The number of aryl methyl sites for hydroxylation is 1. The van der Waals surface area contributed by atoms with E-state index in [0.717, 1.165) is 37.9 Å². The molecule has 0 fully saturated rings. The molecule has 0 unspecified atom stereocenters. The molecule has 0 N–H and O–H groups in total. The molecule has 18 heavy (non-hydrogen) atoms.